The lowest BCUT2D eigenvalue weighted by Crippen LogP contribution is -2.17. The summed E-state index contributed by atoms with van der Waals surface area (Å²) in [5.74, 6) is 1.49. The number of fused-ring (bicyclic) bond motifs is 2. The Morgan fingerprint density at radius 3 is 2.72 bits per heavy atom. The number of imidazole rings is 1. The molecule has 1 N–H and O–H groups in total. The summed E-state index contributed by atoms with van der Waals surface area (Å²) < 4.78 is 7.36. The number of benzene rings is 3. The lowest BCUT2D eigenvalue weighted by Gasteiger charge is -2.04. The number of ether oxygens (including phenoxy) is 1. The van der Waals surface area contributed by atoms with E-state index in [-0.39, 0.29) is 5.91 Å². The van der Waals surface area contributed by atoms with Gasteiger partial charge in [-0.2, -0.15) is 5.10 Å². The Morgan fingerprint density at radius 1 is 1.14 bits per heavy atom. The van der Waals surface area contributed by atoms with E-state index in [1.54, 1.807) is 25.5 Å². The van der Waals surface area contributed by atoms with Crippen LogP contribution in [0.5, 0.6) is 5.75 Å². The van der Waals surface area contributed by atoms with Crippen LogP contribution < -0.4 is 10.2 Å². The van der Waals surface area contributed by atoms with E-state index >= 15 is 0 Å². The number of aromatic nitrogens is 2. The number of hydrogen-bond donors (Lipinski definition) is 1. The van der Waals surface area contributed by atoms with E-state index in [1.807, 2.05) is 49.4 Å². The summed E-state index contributed by atoms with van der Waals surface area (Å²) in [7, 11) is 1.65. The van der Waals surface area contributed by atoms with Crippen molar-refractivity contribution in [1.29, 1.82) is 0 Å². The SMILES string of the molecule is CCn1c(C)nc2cc(C(=O)N/N=C\c3ccc4cc(OC)ccc4c3)ccc21. The number of carbonyl (C=O) groups excluding carboxylic acids is 1. The molecule has 0 unspecified atom stereocenters. The maximum Gasteiger partial charge on any atom is 0.271 e. The van der Waals surface area contributed by atoms with Crippen molar-refractivity contribution in [3.63, 3.8) is 0 Å². The van der Waals surface area contributed by atoms with Crippen LogP contribution in [0.2, 0.25) is 0 Å². The van der Waals surface area contributed by atoms with Crippen LogP contribution in [0.1, 0.15) is 28.7 Å². The van der Waals surface area contributed by atoms with Gasteiger partial charge in [0.2, 0.25) is 0 Å². The molecule has 0 radical (unpaired) electrons. The highest BCUT2D eigenvalue weighted by atomic mass is 16.5. The molecule has 0 aliphatic heterocycles. The predicted octanol–water partition coefficient (Wildman–Crippen LogP) is 4.29. The first-order chi connectivity index (χ1) is 14.1. The molecule has 1 aromatic heterocycles. The first kappa shape index (κ1) is 18.7. The van der Waals surface area contributed by atoms with E-state index in [9.17, 15) is 4.79 Å². The first-order valence-electron chi connectivity index (χ1n) is 9.47. The van der Waals surface area contributed by atoms with Crippen molar-refractivity contribution < 1.29 is 9.53 Å². The fourth-order valence-corrected chi connectivity index (χ4v) is 3.47. The Balaban J connectivity index is 1.49. The van der Waals surface area contributed by atoms with Gasteiger partial charge in [0.1, 0.15) is 11.6 Å². The Hall–Kier alpha value is -3.67. The van der Waals surface area contributed by atoms with Crippen LogP contribution in [-0.2, 0) is 6.54 Å². The van der Waals surface area contributed by atoms with E-state index in [0.29, 0.717) is 5.56 Å². The highest BCUT2D eigenvalue weighted by Crippen LogP contribution is 2.21. The lowest BCUT2D eigenvalue weighted by molar-refractivity contribution is 0.0955. The van der Waals surface area contributed by atoms with Crippen molar-refractivity contribution >= 4 is 33.9 Å². The Bertz CT molecular complexity index is 1240. The van der Waals surface area contributed by atoms with E-state index in [2.05, 4.69) is 27.0 Å². The zero-order valence-corrected chi connectivity index (χ0v) is 16.6. The van der Waals surface area contributed by atoms with Gasteiger partial charge >= 0.3 is 0 Å². The van der Waals surface area contributed by atoms with Gasteiger partial charge in [-0.15, -0.1) is 0 Å². The average Bonchev–Trinajstić information content (AvgIpc) is 3.07. The van der Waals surface area contributed by atoms with Gasteiger partial charge in [0.25, 0.3) is 5.91 Å². The second-order valence-corrected chi connectivity index (χ2v) is 6.78. The van der Waals surface area contributed by atoms with Crippen molar-refractivity contribution in [1.82, 2.24) is 15.0 Å². The molecule has 4 rings (SSSR count). The number of aryl methyl sites for hydroxylation is 2. The Labute approximate surface area is 168 Å². The van der Waals surface area contributed by atoms with Crippen molar-refractivity contribution in [3.8, 4) is 5.75 Å². The summed E-state index contributed by atoms with van der Waals surface area (Å²) in [6.07, 6.45) is 1.63. The van der Waals surface area contributed by atoms with E-state index in [0.717, 1.165) is 45.5 Å². The maximum atomic E-state index is 12.4. The minimum absolute atomic E-state index is 0.266. The summed E-state index contributed by atoms with van der Waals surface area (Å²) in [4.78, 5) is 17.0. The second kappa shape index (κ2) is 7.75. The summed E-state index contributed by atoms with van der Waals surface area (Å²) in [6.45, 7) is 4.89. The first-order valence-corrected chi connectivity index (χ1v) is 9.47. The summed E-state index contributed by atoms with van der Waals surface area (Å²) >= 11 is 0. The highest BCUT2D eigenvalue weighted by Gasteiger charge is 2.10. The number of carbonyl (C=O) groups is 1. The third-order valence-corrected chi connectivity index (χ3v) is 4.97. The molecule has 0 spiro atoms. The minimum Gasteiger partial charge on any atom is -0.497 e. The van der Waals surface area contributed by atoms with E-state index in [1.165, 1.54) is 0 Å². The molecule has 0 saturated heterocycles. The van der Waals surface area contributed by atoms with Crippen LogP contribution in [0.25, 0.3) is 21.8 Å². The number of methoxy groups -OCH3 is 1. The fraction of sp³-hybridized carbons (Fsp3) is 0.174. The van der Waals surface area contributed by atoms with Crippen molar-refractivity contribution in [2.45, 2.75) is 20.4 Å². The number of hydrogen-bond acceptors (Lipinski definition) is 4. The lowest BCUT2D eigenvalue weighted by atomic mass is 10.1. The molecule has 0 aliphatic rings. The zero-order valence-electron chi connectivity index (χ0n) is 16.6. The van der Waals surface area contributed by atoms with Crippen LogP contribution in [0, 0.1) is 6.92 Å². The molecular weight excluding hydrogens is 364 g/mol. The van der Waals surface area contributed by atoms with E-state index < -0.39 is 0 Å². The average molecular weight is 386 g/mol. The standard InChI is InChI=1S/C23H22N4O2/c1-4-27-15(2)25-21-13-19(8-10-22(21)27)23(28)26-24-14-16-5-6-18-12-20(29-3)9-7-17(18)11-16/h5-14H,4H2,1-3H3,(H,26,28)/b24-14-. The van der Waals surface area contributed by atoms with Gasteiger partial charge in [0, 0.05) is 12.1 Å². The summed E-state index contributed by atoms with van der Waals surface area (Å²) in [5.41, 5.74) is 5.85. The summed E-state index contributed by atoms with van der Waals surface area (Å²) in [6, 6.07) is 17.4. The van der Waals surface area contributed by atoms with Gasteiger partial charge in [-0.25, -0.2) is 10.4 Å². The van der Waals surface area contributed by atoms with Gasteiger partial charge in [-0.1, -0.05) is 18.2 Å². The van der Waals surface area contributed by atoms with Crippen molar-refractivity contribution in [2.75, 3.05) is 7.11 Å². The van der Waals surface area contributed by atoms with Crippen LogP contribution in [0.4, 0.5) is 0 Å². The number of hydrazone groups is 1. The van der Waals surface area contributed by atoms with Gasteiger partial charge < -0.3 is 9.30 Å². The van der Waals surface area contributed by atoms with Gasteiger partial charge in [0.05, 0.1) is 24.4 Å². The molecule has 6 nitrogen and oxygen atoms in total. The Kier molecular flexibility index (Phi) is 4.99. The molecule has 146 valence electrons. The quantitative estimate of drug-likeness (QED) is 0.411. The second-order valence-electron chi connectivity index (χ2n) is 6.78. The third-order valence-electron chi connectivity index (χ3n) is 4.97. The van der Waals surface area contributed by atoms with Crippen LogP contribution in [0.3, 0.4) is 0 Å². The maximum absolute atomic E-state index is 12.4. The largest absolute Gasteiger partial charge is 0.497 e. The molecule has 0 aliphatic carbocycles. The molecule has 3 aromatic carbocycles. The van der Waals surface area contributed by atoms with Crippen LogP contribution in [0.15, 0.2) is 59.7 Å². The number of nitrogens with zero attached hydrogens (tertiary/aromatic N) is 3. The van der Waals surface area contributed by atoms with Crippen LogP contribution in [-0.4, -0.2) is 28.8 Å². The molecule has 1 heterocycles. The van der Waals surface area contributed by atoms with Gasteiger partial charge in [-0.3, -0.25) is 4.79 Å². The third kappa shape index (κ3) is 3.69. The van der Waals surface area contributed by atoms with Crippen LogP contribution >= 0.6 is 0 Å². The van der Waals surface area contributed by atoms with Gasteiger partial charge in [0.15, 0.2) is 0 Å². The molecule has 0 atom stereocenters. The minimum atomic E-state index is -0.266. The molecule has 0 fully saturated rings. The number of rotatable bonds is 5. The molecule has 29 heavy (non-hydrogen) atoms. The molecule has 4 aromatic rings. The normalized spacial score (nSPS) is 11.4. The predicted molar refractivity (Wildman–Crippen MR) is 116 cm³/mol. The number of nitrogens with one attached hydrogen (secondary N) is 1. The van der Waals surface area contributed by atoms with Crippen molar-refractivity contribution in [3.05, 3.63) is 71.5 Å². The van der Waals surface area contributed by atoms with Gasteiger partial charge in [-0.05, 0) is 66.6 Å². The summed E-state index contributed by atoms with van der Waals surface area (Å²) in [5, 5.41) is 6.26. The topological polar surface area (TPSA) is 68.5 Å². The fourth-order valence-electron chi connectivity index (χ4n) is 3.47. The molecule has 6 heteroatoms. The Morgan fingerprint density at radius 2 is 1.93 bits per heavy atom. The monoisotopic (exact) mass is 386 g/mol. The zero-order chi connectivity index (χ0) is 20.4. The highest BCUT2D eigenvalue weighted by molar-refractivity contribution is 5.98. The molecule has 0 bridgehead atoms. The molecule has 0 saturated carbocycles. The molecular formula is C23H22N4O2. The number of amides is 1. The van der Waals surface area contributed by atoms with Crippen molar-refractivity contribution in [2.24, 2.45) is 5.10 Å². The molecule has 1 amide bonds. The van der Waals surface area contributed by atoms with E-state index in [4.69, 9.17) is 4.74 Å². The smallest absolute Gasteiger partial charge is 0.271 e.